The molecule has 0 saturated carbocycles. The van der Waals surface area contributed by atoms with Gasteiger partial charge in [-0.2, -0.15) is 0 Å². The van der Waals surface area contributed by atoms with Gasteiger partial charge in [-0.05, 0) is 46.5 Å². The van der Waals surface area contributed by atoms with Crippen molar-refractivity contribution in [1.29, 1.82) is 0 Å². The topological polar surface area (TPSA) is 51.2 Å². The fourth-order valence-electron chi connectivity index (χ4n) is 4.34. The van der Waals surface area contributed by atoms with Gasteiger partial charge in [0.25, 0.3) is 0 Å². The number of methoxy groups -OCH3 is 3. The minimum Gasteiger partial charge on any atom is -0.493 e. The van der Waals surface area contributed by atoms with Crippen LogP contribution >= 0.6 is 0 Å². The molecular weight excluding hydrogens is 440 g/mol. The van der Waals surface area contributed by atoms with Gasteiger partial charge < -0.3 is 19.1 Å². The van der Waals surface area contributed by atoms with Crippen LogP contribution in [-0.4, -0.2) is 63.2 Å². The van der Waals surface area contributed by atoms with E-state index in [0.29, 0.717) is 30.3 Å². The minimum atomic E-state index is 0.0440. The SMILES string of the molecule is COc1cc(CN2CCN(C(=O)/C=C/c3cccc(-c4ccccc4)c3)CC2)cc(OC)c1OC. The molecule has 3 aromatic rings. The number of rotatable bonds is 8. The molecule has 4 rings (SSSR count). The summed E-state index contributed by atoms with van der Waals surface area (Å²) in [4.78, 5) is 17.0. The van der Waals surface area contributed by atoms with E-state index in [1.165, 1.54) is 0 Å². The largest absolute Gasteiger partial charge is 0.493 e. The molecule has 3 aromatic carbocycles. The number of carbonyl (C=O) groups excluding carboxylic acids is 1. The fraction of sp³-hybridized carbons (Fsp3) is 0.276. The van der Waals surface area contributed by atoms with Crippen molar-refractivity contribution in [3.63, 3.8) is 0 Å². The number of hydrogen-bond acceptors (Lipinski definition) is 5. The van der Waals surface area contributed by atoms with E-state index in [9.17, 15) is 4.79 Å². The van der Waals surface area contributed by atoms with E-state index in [1.54, 1.807) is 27.4 Å². The van der Waals surface area contributed by atoms with Gasteiger partial charge in [0.2, 0.25) is 11.7 Å². The van der Waals surface area contributed by atoms with Gasteiger partial charge in [0.1, 0.15) is 0 Å². The van der Waals surface area contributed by atoms with Crippen LogP contribution < -0.4 is 14.2 Å². The first-order chi connectivity index (χ1) is 17.1. The maximum absolute atomic E-state index is 12.8. The Morgan fingerprint density at radius 2 is 1.46 bits per heavy atom. The van der Waals surface area contributed by atoms with Crippen LogP contribution in [0.15, 0.2) is 72.8 Å². The van der Waals surface area contributed by atoms with E-state index in [0.717, 1.165) is 41.9 Å². The lowest BCUT2D eigenvalue weighted by atomic mass is 10.0. The third kappa shape index (κ3) is 6.03. The van der Waals surface area contributed by atoms with Crippen molar-refractivity contribution in [1.82, 2.24) is 9.80 Å². The molecule has 1 fully saturated rings. The molecule has 0 atom stereocenters. The second-order valence-electron chi connectivity index (χ2n) is 8.46. The number of nitrogens with zero attached hydrogens (tertiary/aromatic N) is 2. The van der Waals surface area contributed by atoms with Crippen LogP contribution in [0.25, 0.3) is 17.2 Å². The molecule has 1 aliphatic heterocycles. The van der Waals surface area contributed by atoms with Crippen LogP contribution in [0.1, 0.15) is 11.1 Å². The normalized spacial score (nSPS) is 14.2. The minimum absolute atomic E-state index is 0.0440. The Bertz CT molecular complexity index is 1140. The van der Waals surface area contributed by atoms with Crippen molar-refractivity contribution in [2.45, 2.75) is 6.54 Å². The second-order valence-corrected chi connectivity index (χ2v) is 8.46. The molecule has 6 nitrogen and oxygen atoms in total. The molecule has 0 aromatic heterocycles. The number of piperazine rings is 1. The molecule has 0 spiro atoms. The van der Waals surface area contributed by atoms with E-state index in [4.69, 9.17) is 14.2 Å². The predicted octanol–water partition coefficient (Wildman–Crippen LogP) is 4.74. The number of benzene rings is 3. The van der Waals surface area contributed by atoms with E-state index in [2.05, 4.69) is 29.2 Å². The summed E-state index contributed by atoms with van der Waals surface area (Å²) in [7, 11) is 4.85. The molecule has 0 radical (unpaired) electrons. The van der Waals surface area contributed by atoms with Gasteiger partial charge in [-0.15, -0.1) is 0 Å². The van der Waals surface area contributed by atoms with Gasteiger partial charge in [-0.25, -0.2) is 0 Å². The van der Waals surface area contributed by atoms with E-state index >= 15 is 0 Å². The van der Waals surface area contributed by atoms with Crippen LogP contribution in [0.4, 0.5) is 0 Å². The Morgan fingerprint density at radius 1 is 0.800 bits per heavy atom. The van der Waals surface area contributed by atoms with Crippen molar-refractivity contribution in [2.24, 2.45) is 0 Å². The summed E-state index contributed by atoms with van der Waals surface area (Å²) in [6.07, 6.45) is 3.58. The first-order valence-electron chi connectivity index (χ1n) is 11.7. The molecule has 1 amide bonds. The van der Waals surface area contributed by atoms with Gasteiger partial charge >= 0.3 is 0 Å². The fourth-order valence-corrected chi connectivity index (χ4v) is 4.34. The van der Waals surface area contributed by atoms with Crippen LogP contribution in [-0.2, 0) is 11.3 Å². The second kappa shape index (κ2) is 11.6. The van der Waals surface area contributed by atoms with Gasteiger partial charge in [0.15, 0.2) is 11.5 Å². The number of amides is 1. The lowest BCUT2D eigenvalue weighted by molar-refractivity contribution is -0.127. The van der Waals surface area contributed by atoms with Crippen LogP contribution in [0.3, 0.4) is 0 Å². The molecule has 0 aliphatic carbocycles. The van der Waals surface area contributed by atoms with Crippen molar-refractivity contribution < 1.29 is 19.0 Å². The zero-order valence-corrected chi connectivity index (χ0v) is 20.6. The summed E-state index contributed by atoms with van der Waals surface area (Å²) in [6.45, 7) is 3.75. The first-order valence-corrected chi connectivity index (χ1v) is 11.7. The van der Waals surface area contributed by atoms with E-state index in [-0.39, 0.29) is 5.91 Å². The molecule has 1 saturated heterocycles. The third-order valence-electron chi connectivity index (χ3n) is 6.23. The molecule has 6 heteroatoms. The summed E-state index contributed by atoms with van der Waals surface area (Å²) in [6, 6.07) is 22.4. The number of ether oxygens (including phenoxy) is 3. The van der Waals surface area contributed by atoms with Crippen LogP contribution in [0, 0.1) is 0 Å². The smallest absolute Gasteiger partial charge is 0.246 e. The average Bonchev–Trinajstić information content (AvgIpc) is 2.92. The number of hydrogen-bond donors (Lipinski definition) is 0. The Morgan fingerprint density at radius 3 is 2.09 bits per heavy atom. The van der Waals surface area contributed by atoms with Gasteiger partial charge in [-0.3, -0.25) is 9.69 Å². The molecule has 0 N–H and O–H groups in total. The first kappa shape index (κ1) is 24.4. The lowest BCUT2D eigenvalue weighted by Gasteiger charge is -2.34. The van der Waals surface area contributed by atoms with E-state index in [1.807, 2.05) is 53.4 Å². The Kier molecular flexibility index (Phi) is 8.06. The zero-order chi connectivity index (χ0) is 24.6. The molecule has 1 aliphatic rings. The molecule has 35 heavy (non-hydrogen) atoms. The summed E-state index contributed by atoms with van der Waals surface area (Å²) >= 11 is 0. The lowest BCUT2D eigenvalue weighted by Crippen LogP contribution is -2.47. The third-order valence-corrected chi connectivity index (χ3v) is 6.23. The Balaban J connectivity index is 1.34. The number of carbonyl (C=O) groups is 1. The average molecular weight is 473 g/mol. The maximum atomic E-state index is 12.8. The molecule has 1 heterocycles. The van der Waals surface area contributed by atoms with Crippen molar-refractivity contribution in [2.75, 3.05) is 47.5 Å². The van der Waals surface area contributed by atoms with Gasteiger partial charge in [0.05, 0.1) is 21.3 Å². The standard InChI is InChI=1S/C29H32N2O4/c1-33-26-19-23(20-27(34-2)29(26)35-3)21-30-14-16-31(17-15-30)28(32)13-12-22-8-7-11-25(18-22)24-9-5-4-6-10-24/h4-13,18-20H,14-17,21H2,1-3H3/b13-12+. The van der Waals surface area contributed by atoms with Crippen molar-refractivity contribution in [3.8, 4) is 28.4 Å². The summed E-state index contributed by atoms with van der Waals surface area (Å²) in [5, 5.41) is 0. The molecule has 0 bridgehead atoms. The molecule has 0 unspecified atom stereocenters. The highest BCUT2D eigenvalue weighted by molar-refractivity contribution is 5.92. The Labute approximate surface area is 207 Å². The van der Waals surface area contributed by atoms with Crippen LogP contribution in [0.5, 0.6) is 17.2 Å². The van der Waals surface area contributed by atoms with Gasteiger partial charge in [0, 0.05) is 38.8 Å². The highest BCUT2D eigenvalue weighted by Crippen LogP contribution is 2.38. The van der Waals surface area contributed by atoms with Gasteiger partial charge in [-0.1, -0.05) is 48.5 Å². The molecule has 182 valence electrons. The maximum Gasteiger partial charge on any atom is 0.246 e. The van der Waals surface area contributed by atoms with Crippen molar-refractivity contribution in [3.05, 3.63) is 83.9 Å². The van der Waals surface area contributed by atoms with E-state index < -0.39 is 0 Å². The summed E-state index contributed by atoms with van der Waals surface area (Å²) in [5.74, 6) is 1.94. The summed E-state index contributed by atoms with van der Waals surface area (Å²) in [5.41, 5.74) is 4.40. The predicted molar refractivity (Wildman–Crippen MR) is 139 cm³/mol. The monoisotopic (exact) mass is 472 g/mol. The van der Waals surface area contributed by atoms with Crippen molar-refractivity contribution >= 4 is 12.0 Å². The molecular formula is C29H32N2O4. The van der Waals surface area contributed by atoms with Crippen LogP contribution in [0.2, 0.25) is 0 Å². The zero-order valence-electron chi connectivity index (χ0n) is 20.6. The quantitative estimate of drug-likeness (QED) is 0.444. The highest BCUT2D eigenvalue weighted by atomic mass is 16.5. The Hall–Kier alpha value is -3.77. The summed E-state index contributed by atoms with van der Waals surface area (Å²) < 4.78 is 16.4. The highest BCUT2D eigenvalue weighted by Gasteiger charge is 2.21.